The highest BCUT2D eigenvalue weighted by Crippen LogP contribution is 2.28. The van der Waals surface area contributed by atoms with Gasteiger partial charge in [0.2, 0.25) is 0 Å². The lowest BCUT2D eigenvalue weighted by Gasteiger charge is -2.30. The summed E-state index contributed by atoms with van der Waals surface area (Å²) in [5.41, 5.74) is 1.14. The van der Waals surface area contributed by atoms with Crippen LogP contribution in [-0.4, -0.2) is 26.2 Å². The molecule has 0 saturated carbocycles. The highest BCUT2D eigenvalue weighted by Gasteiger charge is 2.13. The largest absolute Gasteiger partial charge is 0.368 e. The maximum absolute atomic E-state index is 13.7. The number of anilines is 1. The van der Waals surface area contributed by atoms with Crippen LogP contribution in [0, 0.1) is 5.82 Å². The van der Waals surface area contributed by atoms with Gasteiger partial charge in [-0.25, -0.2) is 4.39 Å². The molecule has 0 aromatic heterocycles. The van der Waals surface area contributed by atoms with Crippen LogP contribution in [0.3, 0.4) is 0 Å². The lowest BCUT2D eigenvalue weighted by Crippen LogP contribution is -2.43. The molecule has 0 bridgehead atoms. The minimum absolute atomic E-state index is 0.139. The van der Waals surface area contributed by atoms with E-state index in [2.05, 4.69) is 16.3 Å². The van der Waals surface area contributed by atoms with Gasteiger partial charge in [0.05, 0.1) is 0 Å². The summed E-state index contributed by atoms with van der Waals surface area (Å²) in [7, 11) is 0. The first kappa shape index (κ1) is 10.5. The van der Waals surface area contributed by atoms with Gasteiger partial charge in [-0.1, -0.05) is 24.3 Å². The van der Waals surface area contributed by atoms with Gasteiger partial charge in [0.1, 0.15) is 5.82 Å². The van der Waals surface area contributed by atoms with E-state index in [-0.39, 0.29) is 5.82 Å². The van der Waals surface area contributed by atoms with Gasteiger partial charge in [-0.3, -0.25) is 0 Å². The summed E-state index contributed by atoms with van der Waals surface area (Å²) in [6.45, 7) is 3.95. The zero-order valence-electron chi connectivity index (χ0n) is 9.62. The molecular formula is C14H15FN2. The number of piperazine rings is 1. The molecule has 1 N–H and O–H groups in total. The molecule has 1 aliphatic rings. The van der Waals surface area contributed by atoms with E-state index in [1.165, 1.54) is 6.07 Å². The zero-order chi connectivity index (χ0) is 11.7. The van der Waals surface area contributed by atoms with Crippen LogP contribution in [-0.2, 0) is 0 Å². The fourth-order valence-electron chi connectivity index (χ4n) is 2.44. The third kappa shape index (κ3) is 1.87. The molecule has 17 heavy (non-hydrogen) atoms. The minimum atomic E-state index is -0.139. The molecule has 0 radical (unpaired) electrons. The molecule has 0 aliphatic carbocycles. The van der Waals surface area contributed by atoms with Gasteiger partial charge in [-0.05, 0) is 12.1 Å². The Morgan fingerprint density at radius 2 is 1.65 bits per heavy atom. The maximum Gasteiger partial charge on any atom is 0.131 e. The molecule has 1 saturated heterocycles. The molecule has 2 nitrogen and oxygen atoms in total. The Morgan fingerprint density at radius 3 is 2.47 bits per heavy atom. The van der Waals surface area contributed by atoms with E-state index in [0.29, 0.717) is 5.39 Å². The van der Waals surface area contributed by atoms with E-state index >= 15 is 0 Å². The minimum Gasteiger partial charge on any atom is -0.368 e. The molecular weight excluding hydrogens is 215 g/mol. The molecule has 1 fully saturated rings. The molecule has 0 unspecified atom stereocenters. The number of hydrogen-bond acceptors (Lipinski definition) is 2. The number of benzene rings is 2. The van der Waals surface area contributed by atoms with E-state index in [1.807, 2.05) is 18.2 Å². The Hall–Kier alpha value is -1.61. The number of hydrogen-bond donors (Lipinski definition) is 1. The normalized spacial score (nSPS) is 16.4. The van der Waals surface area contributed by atoms with Crippen molar-refractivity contribution in [2.45, 2.75) is 0 Å². The van der Waals surface area contributed by atoms with Crippen LogP contribution in [0.4, 0.5) is 10.1 Å². The van der Waals surface area contributed by atoms with Crippen LogP contribution in [0.15, 0.2) is 36.4 Å². The second-order valence-electron chi connectivity index (χ2n) is 4.35. The van der Waals surface area contributed by atoms with Crippen LogP contribution >= 0.6 is 0 Å². The molecule has 0 atom stereocenters. The van der Waals surface area contributed by atoms with Crippen molar-refractivity contribution < 1.29 is 4.39 Å². The summed E-state index contributed by atoms with van der Waals surface area (Å²) < 4.78 is 13.7. The molecule has 2 aromatic carbocycles. The third-order valence-electron chi connectivity index (χ3n) is 3.30. The van der Waals surface area contributed by atoms with Gasteiger partial charge in [0.15, 0.2) is 0 Å². The Balaban J connectivity index is 2.12. The first-order valence-electron chi connectivity index (χ1n) is 5.99. The topological polar surface area (TPSA) is 15.3 Å². The predicted molar refractivity (Wildman–Crippen MR) is 69.0 cm³/mol. The Kier molecular flexibility index (Phi) is 2.69. The summed E-state index contributed by atoms with van der Waals surface area (Å²) in [6.07, 6.45) is 0. The lowest BCUT2D eigenvalue weighted by atomic mass is 10.1. The number of nitrogens with one attached hydrogen (secondary N) is 1. The van der Waals surface area contributed by atoms with Gasteiger partial charge in [-0.15, -0.1) is 0 Å². The third-order valence-corrected chi connectivity index (χ3v) is 3.30. The fourth-order valence-corrected chi connectivity index (χ4v) is 2.44. The Bertz CT molecular complexity index is 533. The summed E-state index contributed by atoms with van der Waals surface area (Å²) in [6, 6.07) is 11.1. The summed E-state index contributed by atoms with van der Waals surface area (Å²) in [5.74, 6) is -0.139. The second-order valence-corrected chi connectivity index (χ2v) is 4.35. The lowest BCUT2D eigenvalue weighted by molar-refractivity contribution is 0.590. The Labute approximate surface area is 100 Å². The molecule has 2 aromatic rings. The van der Waals surface area contributed by atoms with E-state index in [0.717, 1.165) is 37.3 Å². The first-order chi connectivity index (χ1) is 8.36. The predicted octanol–water partition coefficient (Wildman–Crippen LogP) is 2.39. The van der Waals surface area contributed by atoms with Crippen molar-refractivity contribution in [1.29, 1.82) is 0 Å². The van der Waals surface area contributed by atoms with Crippen molar-refractivity contribution in [1.82, 2.24) is 5.32 Å². The van der Waals surface area contributed by atoms with Crippen LogP contribution in [0.2, 0.25) is 0 Å². The average molecular weight is 230 g/mol. The van der Waals surface area contributed by atoms with Crippen molar-refractivity contribution in [2.24, 2.45) is 0 Å². The van der Waals surface area contributed by atoms with Gasteiger partial charge < -0.3 is 10.2 Å². The Morgan fingerprint density at radius 1 is 0.941 bits per heavy atom. The van der Waals surface area contributed by atoms with E-state index in [9.17, 15) is 4.39 Å². The molecule has 1 aliphatic heterocycles. The highest BCUT2D eigenvalue weighted by molar-refractivity contribution is 5.94. The van der Waals surface area contributed by atoms with Crippen LogP contribution < -0.4 is 10.2 Å². The standard InChI is InChI=1S/C14H15FN2/c15-13-5-1-4-12-11(13)3-2-6-14(12)17-9-7-16-8-10-17/h1-6,16H,7-10H2. The van der Waals surface area contributed by atoms with Crippen molar-refractivity contribution in [3.8, 4) is 0 Å². The number of fused-ring (bicyclic) bond motifs is 1. The van der Waals surface area contributed by atoms with Crippen molar-refractivity contribution >= 4 is 16.5 Å². The van der Waals surface area contributed by atoms with Crippen LogP contribution in [0.25, 0.3) is 10.8 Å². The number of nitrogens with zero attached hydrogens (tertiary/aromatic N) is 1. The zero-order valence-corrected chi connectivity index (χ0v) is 9.62. The van der Waals surface area contributed by atoms with Crippen LogP contribution in [0.1, 0.15) is 0 Å². The monoisotopic (exact) mass is 230 g/mol. The second kappa shape index (κ2) is 4.34. The molecule has 3 heteroatoms. The maximum atomic E-state index is 13.7. The van der Waals surface area contributed by atoms with Gasteiger partial charge >= 0.3 is 0 Å². The molecule has 88 valence electrons. The van der Waals surface area contributed by atoms with E-state index < -0.39 is 0 Å². The van der Waals surface area contributed by atoms with E-state index in [4.69, 9.17) is 0 Å². The number of halogens is 1. The van der Waals surface area contributed by atoms with Crippen molar-refractivity contribution in [3.63, 3.8) is 0 Å². The first-order valence-corrected chi connectivity index (χ1v) is 5.99. The van der Waals surface area contributed by atoms with Gasteiger partial charge in [0.25, 0.3) is 0 Å². The smallest absolute Gasteiger partial charge is 0.131 e. The van der Waals surface area contributed by atoms with Gasteiger partial charge in [0, 0.05) is 42.6 Å². The highest BCUT2D eigenvalue weighted by atomic mass is 19.1. The van der Waals surface area contributed by atoms with Crippen molar-refractivity contribution in [3.05, 3.63) is 42.2 Å². The molecule has 0 spiro atoms. The van der Waals surface area contributed by atoms with E-state index in [1.54, 1.807) is 6.07 Å². The van der Waals surface area contributed by atoms with Crippen molar-refractivity contribution in [2.75, 3.05) is 31.1 Å². The van der Waals surface area contributed by atoms with Crippen LogP contribution in [0.5, 0.6) is 0 Å². The molecule has 0 amide bonds. The quantitative estimate of drug-likeness (QED) is 0.809. The summed E-state index contributed by atoms with van der Waals surface area (Å²) in [5, 5.41) is 5.05. The SMILES string of the molecule is Fc1cccc2c(N3CCNCC3)cccc12. The van der Waals surface area contributed by atoms with Gasteiger partial charge in [-0.2, -0.15) is 0 Å². The molecule has 3 rings (SSSR count). The summed E-state index contributed by atoms with van der Waals surface area (Å²) >= 11 is 0. The molecule has 1 heterocycles. The summed E-state index contributed by atoms with van der Waals surface area (Å²) in [4.78, 5) is 2.32. The fraction of sp³-hybridized carbons (Fsp3) is 0.286. The number of rotatable bonds is 1. The average Bonchev–Trinajstić information content (AvgIpc) is 2.40.